The fourth-order valence-corrected chi connectivity index (χ4v) is 3.60. The van der Waals surface area contributed by atoms with Crippen LogP contribution >= 0.6 is 0 Å². The predicted octanol–water partition coefficient (Wildman–Crippen LogP) is 2.39. The second kappa shape index (κ2) is 5.05. The summed E-state index contributed by atoms with van der Waals surface area (Å²) in [5.41, 5.74) is 0. The van der Waals surface area contributed by atoms with Crippen LogP contribution in [0.3, 0.4) is 0 Å². The molecule has 0 atom stereocenters. The molecule has 2 heteroatoms. The molecule has 3 aliphatic rings. The topological polar surface area (TPSA) is 15.3 Å². The number of nitrogens with zero attached hydrogens (tertiary/aromatic N) is 1. The Morgan fingerprint density at radius 2 is 1.44 bits per heavy atom. The van der Waals surface area contributed by atoms with Gasteiger partial charge >= 0.3 is 0 Å². The number of nitrogens with one attached hydrogen (secondary N) is 1. The Labute approximate surface area is 99.8 Å². The van der Waals surface area contributed by atoms with Crippen LogP contribution in [-0.2, 0) is 0 Å². The summed E-state index contributed by atoms with van der Waals surface area (Å²) in [5, 5.41) is 3.48. The summed E-state index contributed by atoms with van der Waals surface area (Å²) in [6, 6.07) is 1.94. The van der Waals surface area contributed by atoms with E-state index in [1.807, 2.05) is 0 Å². The zero-order chi connectivity index (χ0) is 10.8. The number of hydrogen-bond acceptors (Lipinski definition) is 2. The van der Waals surface area contributed by atoms with E-state index in [2.05, 4.69) is 10.2 Å². The summed E-state index contributed by atoms with van der Waals surface area (Å²) in [4.78, 5) is 2.91. The van der Waals surface area contributed by atoms with Crippen molar-refractivity contribution in [3.05, 3.63) is 0 Å². The van der Waals surface area contributed by atoms with Gasteiger partial charge in [-0.15, -0.1) is 0 Å². The first-order valence-electron chi connectivity index (χ1n) is 7.40. The SMILES string of the molecule is C1CCC(N(CC2CCNCC2)C2CC2)C1. The van der Waals surface area contributed by atoms with Crippen LogP contribution in [0.25, 0.3) is 0 Å². The van der Waals surface area contributed by atoms with Crippen molar-refractivity contribution in [2.24, 2.45) is 5.92 Å². The molecule has 0 unspecified atom stereocenters. The van der Waals surface area contributed by atoms with Gasteiger partial charge in [-0.25, -0.2) is 0 Å². The Morgan fingerprint density at radius 3 is 2.06 bits per heavy atom. The van der Waals surface area contributed by atoms with E-state index in [1.165, 1.54) is 71.0 Å². The molecule has 1 saturated heterocycles. The Bertz CT molecular complexity index is 213. The Balaban J connectivity index is 1.55. The van der Waals surface area contributed by atoms with E-state index in [4.69, 9.17) is 0 Å². The van der Waals surface area contributed by atoms with Crippen molar-refractivity contribution in [2.75, 3.05) is 19.6 Å². The first-order valence-corrected chi connectivity index (χ1v) is 7.40. The summed E-state index contributed by atoms with van der Waals surface area (Å²) in [6.45, 7) is 3.93. The van der Waals surface area contributed by atoms with Crippen molar-refractivity contribution in [1.29, 1.82) is 0 Å². The first kappa shape index (κ1) is 11.0. The van der Waals surface area contributed by atoms with Crippen LogP contribution in [0.15, 0.2) is 0 Å². The van der Waals surface area contributed by atoms with Gasteiger partial charge in [0.25, 0.3) is 0 Å². The molecule has 92 valence electrons. The summed E-state index contributed by atoms with van der Waals surface area (Å²) in [5.74, 6) is 0.988. The van der Waals surface area contributed by atoms with Crippen molar-refractivity contribution in [2.45, 2.75) is 63.5 Å². The molecular formula is C14H26N2. The molecule has 0 aromatic heterocycles. The second-order valence-corrected chi connectivity index (χ2v) is 6.06. The summed E-state index contributed by atoms with van der Waals surface area (Å²) in [7, 11) is 0. The zero-order valence-electron chi connectivity index (χ0n) is 10.5. The molecule has 0 radical (unpaired) electrons. The second-order valence-electron chi connectivity index (χ2n) is 6.06. The molecule has 16 heavy (non-hydrogen) atoms. The molecule has 1 heterocycles. The van der Waals surface area contributed by atoms with Gasteiger partial charge in [0.15, 0.2) is 0 Å². The van der Waals surface area contributed by atoms with Gasteiger partial charge in [-0.3, -0.25) is 4.90 Å². The van der Waals surface area contributed by atoms with Crippen molar-refractivity contribution in [3.8, 4) is 0 Å². The van der Waals surface area contributed by atoms with Gasteiger partial charge in [0.2, 0.25) is 0 Å². The lowest BCUT2D eigenvalue weighted by Gasteiger charge is -2.34. The van der Waals surface area contributed by atoms with Crippen LogP contribution < -0.4 is 5.32 Å². The van der Waals surface area contributed by atoms with Crippen LogP contribution in [0.5, 0.6) is 0 Å². The fraction of sp³-hybridized carbons (Fsp3) is 1.00. The van der Waals surface area contributed by atoms with Crippen LogP contribution in [0.1, 0.15) is 51.4 Å². The third-order valence-corrected chi connectivity index (χ3v) is 4.74. The van der Waals surface area contributed by atoms with Gasteiger partial charge in [-0.05, 0) is 57.5 Å². The highest BCUT2D eigenvalue weighted by Gasteiger charge is 2.36. The minimum absolute atomic E-state index is 0.961. The van der Waals surface area contributed by atoms with Gasteiger partial charge < -0.3 is 5.32 Å². The molecule has 2 saturated carbocycles. The molecule has 1 N–H and O–H groups in total. The van der Waals surface area contributed by atoms with Crippen LogP contribution in [0.4, 0.5) is 0 Å². The lowest BCUT2D eigenvalue weighted by Crippen LogP contribution is -2.41. The molecule has 0 bridgehead atoms. The number of piperidine rings is 1. The van der Waals surface area contributed by atoms with Crippen LogP contribution in [-0.4, -0.2) is 36.6 Å². The monoisotopic (exact) mass is 222 g/mol. The molecule has 3 rings (SSSR count). The summed E-state index contributed by atoms with van der Waals surface area (Å²) < 4.78 is 0. The molecule has 2 aliphatic carbocycles. The highest BCUT2D eigenvalue weighted by atomic mass is 15.2. The maximum atomic E-state index is 3.48. The van der Waals surface area contributed by atoms with E-state index >= 15 is 0 Å². The smallest absolute Gasteiger partial charge is 0.00994 e. The van der Waals surface area contributed by atoms with Gasteiger partial charge in [-0.1, -0.05) is 12.8 Å². The van der Waals surface area contributed by atoms with Crippen LogP contribution in [0.2, 0.25) is 0 Å². The van der Waals surface area contributed by atoms with Crippen molar-refractivity contribution >= 4 is 0 Å². The highest BCUT2D eigenvalue weighted by Crippen LogP contribution is 2.35. The zero-order valence-corrected chi connectivity index (χ0v) is 10.5. The normalized spacial score (nSPS) is 29.1. The summed E-state index contributed by atoms with van der Waals surface area (Å²) >= 11 is 0. The van der Waals surface area contributed by atoms with E-state index in [9.17, 15) is 0 Å². The molecule has 0 amide bonds. The maximum absolute atomic E-state index is 3.48. The van der Waals surface area contributed by atoms with E-state index in [0.717, 1.165) is 18.0 Å². The van der Waals surface area contributed by atoms with E-state index in [1.54, 1.807) is 0 Å². The Hall–Kier alpha value is -0.0800. The van der Waals surface area contributed by atoms with Gasteiger partial charge in [0.1, 0.15) is 0 Å². The van der Waals surface area contributed by atoms with Gasteiger partial charge in [0, 0.05) is 18.6 Å². The van der Waals surface area contributed by atoms with E-state index < -0.39 is 0 Å². The minimum atomic E-state index is 0.961. The van der Waals surface area contributed by atoms with E-state index in [0.29, 0.717) is 0 Å². The lowest BCUT2D eigenvalue weighted by molar-refractivity contribution is 0.144. The third-order valence-electron chi connectivity index (χ3n) is 4.74. The number of hydrogen-bond donors (Lipinski definition) is 1. The van der Waals surface area contributed by atoms with Crippen molar-refractivity contribution in [3.63, 3.8) is 0 Å². The quantitative estimate of drug-likeness (QED) is 0.786. The third kappa shape index (κ3) is 2.60. The minimum Gasteiger partial charge on any atom is -0.317 e. The van der Waals surface area contributed by atoms with Gasteiger partial charge in [0.05, 0.1) is 0 Å². The molecule has 0 aromatic rings. The standard InChI is InChI=1S/C14H26N2/c1-2-4-13(3-1)16(14-5-6-14)11-12-7-9-15-10-8-12/h12-15H,1-11H2. The average molecular weight is 222 g/mol. The number of rotatable bonds is 4. The lowest BCUT2D eigenvalue weighted by atomic mass is 9.96. The van der Waals surface area contributed by atoms with E-state index in [-0.39, 0.29) is 0 Å². The molecule has 1 aliphatic heterocycles. The first-order chi connectivity index (χ1) is 7.93. The largest absolute Gasteiger partial charge is 0.317 e. The Kier molecular flexibility index (Phi) is 3.49. The molecular weight excluding hydrogens is 196 g/mol. The Morgan fingerprint density at radius 1 is 0.812 bits per heavy atom. The maximum Gasteiger partial charge on any atom is 0.00994 e. The molecule has 3 fully saturated rings. The van der Waals surface area contributed by atoms with Crippen LogP contribution in [0, 0.1) is 5.92 Å². The van der Waals surface area contributed by atoms with Gasteiger partial charge in [-0.2, -0.15) is 0 Å². The van der Waals surface area contributed by atoms with Crippen molar-refractivity contribution in [1.82, 2.24) is 10.2 Å². The highest BCUT2D eigenvalue weighted by molar-refractivity contribution is 4.92. The fourth-order valence-electron chi connectivity index (χ4n) is 3.60. The predicted molar refractivity (Wildman–Crippen MR) is 67.6 cm³/mol. The molecule has 2 nitrogen and oxygen atoms in total. The molecule has 0 aromatic carbocycles. The van der Waals surface area contributed by atoms with Crippen molar-refractivity contribution < 1.29 is 0 Å². The molecule has 0 spiro atoms. The summed E-state index contributed by atoms with van der Waals surface area (Å²) in [6.07, 6.45) is 11.7. The average Bonchev–Trinajstić information content (AvgIpc) is 3.02.